The minimum absolute atomic E-state index is 0.106. The zero-order chi connectivity index (χ0) is 20.2. The van der Waals surface area contributed by atoms with Crippen LogP contribution >= 0.6 is 0 Å². The van der Waals surface area contributed by atoms with Gasteiger partial charge >= 0.3 is 0 Å². The van der Waals surface area contributed by atoms with E-state index in [2.05, 4.69) is 20.6 Å². The Balaban J connectivity index is 1.67. The van der Waals surface area contributed by atoms with Crippen molar-refractivity contribution in [3.63, 3.8) is 0 Å². The second-order valence-corrected chi connectivity index (χ2v) is 7.10. The fourth-order valence-corrected chi connectivity index (χ4v) is 3.52. The van der Waals surface area contributed by atoms with E-state index in [9.17, 15) is 4.79 Å². The van der Waals surface area contributed by atoms with Crippen molar-refractivity contribution in [2.45, 2.75) is 25.8 Å². The van der Waals surface area contributed by atoms with Crippen LogP contribution in [0.15, 0.2) is 42.6 Å². The second-order valence-electron chi connectivity index (χ2n) is 7.10. The second kappa shape index (κ2) is 8.45. The van der Waals surface area contributed by atoms with E-state index < -0.39 is 0 Å². The Labute approximate surface area is 169 Å². The van der Waals surface area contributed by atoms with Crippen molar-refractivity contribution in [1.29, 1.82) is 0 Å². The largest absolute Gasteiger partial charge is 0.496 e. The number of hydrogen-bond donors (Lipinski definition) is 2. The number of rotatable bonds is 5. The molecule has 7 heteroatoms. The number of hydrogen-bond acceptors (Lipinski definition) is 6. The van der Waals surface area contributed by atoms with Crippen LogP contribution in [0.2, 0.25) is 0 Å². The average molecular weight is 392 g/mol. The van der Waals surface area contributed by atoms with Gasteiger partial charge in [-0.2, -0.15) is 0 Å². The van der Waals surface area contributed by atoms with Crippen molar-refractivity contribution >= 4 is 28.4 Å². The Hall–Kier alpha value is -3.19. The molecule has 2 aromatic carbocycles. The highest BCUT2D eigenvalue weighted by molar-refractivity contribution is 5.92. The van der Waals surface area contributed by atoms with Crippen LogP contribution in [0.3, 0.4) is 0 Å². The zero-order valence-electron chi connectivity index (χ0n) is 16.6. The number of methoxy groups -OCH3 is 1. The van der Waals surface area contributed by atoms with E-state index in [1.807, 2.05) is 42.6 Å². The topological polar surface area (TPSA) is 85.4 Å². The Morgan fingerprint density at radius 3 is 2.79 bits per heavy atom. The fraction of sp³-hybridized carbons (Fsp3) is 0.318. The maximum absolute atomic E-state index is 11.4. The maximum Gasteiger partial charge on any atom is 0.223 e. The number of nitrogens with zero attached hydrogens (tertiary/aromatic N) is 2. The van der Waals surface area contributed by atoms with Gasteiger partial charge in [0, 0.05) is 55.1 Å². The third kappa shape index (κ3) is 4.46. The highest BCUT2D eigenvalue weighted by Crippen LogP contribution is 2.35. The summed E-state index contributed by atoms with van der Waals surface area (Å²) in [6.07, 6.45) is 3.73. The number of benzene rings is 2. The van der Waals surface area contributed by atoms with E-state index in [0.717, 1.165) is 53.8 Å². The molecule has 2 N–H and O–H groups in total. The number of nitrogens with one attached hydrogen (secondary N) is 2. The molecule has 29 heavy (non-hydrogen) atoms. The predicted octanol–water partition coefficient (Wildman–Crippen LogP) is 3.85. The van der Waals surface area contributed by atoms with Crippen molar-refractivity contribution in [3.8, 4) is 16.9 Å². The molecule has 0 bridgehead atoms. The summed E-state index contributed by atoms with van der Waals surface area (Å²) in [7, 11) is 1.64. The van der Waals surface area contributed by atoms with Crippen molar-refractivity contribution < 1.29 is 14.3 Å². The molecule has 1 fully saturated rings. The molecule has 0 unspecified atom stereocenters. The minimum Gasteiger partial charge on any atom is -0.496 e. The van der Waals surface area contributed by atoms with Gasteiger partial charge in [-0.25, -0.2) is 9.97 Å². The summed E-state index contributed by atoms with van der Waals surface area (Å²) in [5.74, 6) is 1.23. The van der Waals surface area contributed by atoms with Crippen LogP contribution in [0.1, 0.15) is 19.8 Å². The fourth-order valence-electron chi connectivity index (χ4n) is 3.52. The number of carbonyl (C=O) groups excluding carboxylic acids is 1. The van der Waals surface area contributed by atoms with Gasteiger partial charge in [0.05, 0.1) is 12.6 Å². The predicted molar refractivity (Wildman–Crippen MR) is 113 cm³/mol. The molecule has 2 heterocycles. The highest BCUT2D eigenvalue weighted by atomic mass is 16.5. The molecule has 0 spiro atoms. The summed E-state index contributed by atoms with van der Waals surface area (Å²) >= 11 is 0. The quantitative estimate of drug-likeness (QED) is 0.686. The lowest BCUT2D eigenvalue weighted by Gasteiger charge is -2.23. The van der Waals surface area contributed by atoms with Crippen LogP contribution in [0.25, 0.3) is 22.0 Å². The number of fused-ring (bicyclic) bond motifs is 1. The van der Waals surface area contributed by atoms with E-state index in [1.165, 1.54) is 6.92 Å². The van der Waals surface area contributed by atoms with Crippen molar-refractivity contribution in [3.05, 3.63) is 42.6 Å². The van der Waals surface area contributed by atoms with Gasteiger partial charge in [-0.15, -0.1) is 0 Å². The summed E-state index contributed by atoms with van der Waals surface area (Å²) < 4.78 is 11.0. The molecule has 4 rings (SSSR count). The van der Waals surface area contributed by atoms with Crippen LogP contribution in [0, 0.1) is 0 Å². The number of carbonyl (C=O) groups is 1. The van der Waals surface area contributed by atoms with Gasteiger partial charge in [0.15, 0.2) is 0 Å². The van der Waals surface area contributed by atoms with Gasteiger partial charge in [0.25, 0.3) is 0 Å². The Kier molecular flexibility index (Phi) is 5.57. The molecule has 3 aromatic rings. The molecule has 0 radical (unpaired) electrons. The average Bonchev–Trinajstić information content (AvgIpc) is 2.73. The first-order chi connectivity index (χ1) is 14.1. The lowest BCUT2D eigenvalue weighted by Crippen LogP contribution is -2.28. The summed E-state index contributed by atoms with van der Waals surface area (Å²) in [4.78, 5) is 20.5. The van der Waals surface area contributed by atoms with Crippen LogP contribution in [-0.2, 0) is 9.53 Å². The van der Waals surface area contributed by atoms with Crippen LogP contribution in [0.4, 0.5) is 11.6 Å². The molecular formula is C22H24N4O3. The molecule has 0 atom stereocenters. The number of anilines is 2. The van der Waals surface area contributed by atoms with Gasteiger partial charge in [-0.1, -0.05) is 12.1 Å². The molecule has 7 nitrogen and oxygen atoms in total. The van der Waals surface area contributed by atoms with E-state index in [-0.39, 0.29) is 5.91 Å². The lowest BCUT2D eigenvalue weighted by atomic mass is 10.0. The van der Waals surface area contributed by atoms with Gasteiger partial charge in [0.1, 0.15) is 5.75 Å². The lowest BCUT2D eigenvalue weighted by molar-refractivity contribution is -0.114. The SMILES string of the molecule is COc1cc2nc(NC3CCOCC3)ncc2cc1-c1cccc(NC(C)=O)c1. The molecule has 1 aliphatic rings. The normalized spacial score (nSPS) is 14.6. The van der Waals surface area contributed by atoms with E-state index in [1.54, 1.807) is 7.11 Å². The van der Waals surface area contributed by atoms with E-state index in [0.29, 0.717) is 17.7 Å². The van der Waals surface area contributed by atoms with Crippen molar-refractivity contribution in [2.75, 3.05) is 31.0 Å². The molecule has 0 saturated carbocycles. The summed E-state index contributed by atoms with van der Waals surface area (Å²) in [5.41, 5.74) is 3.41. The smallest absolute Gasteiger partial charge is 0.223 e. The summed E-state index contributed by atoms with van der Waals surface area (Å²) in [6, 6.07) is 11.9. The molecule has 150 valence electrons. The van der Waals surface area contributed by atoms with Crippen LogP contribution < -0.4 is 15.4 Å². The third-order valence-corrected chi connectivity index (χ3v) is 4.95. The summed E-state index contributed by atoms with van der Waals surface area (Å²) in [5, 5.41) is 7.13. The van der Waals surface area contributed by atoms with Gasteiger partial charge < -0.3 is 20.1 Å². The minimum atomic E-state index is -0.106. The van der Waals surface area contributed by atoms with Crippen molar-refractivity contribution in [1.82, 2.24) is 9.97 Å². The molecule has 1 aromatic heterocycles. The molecule has 0 aliphatic carbocycles. The number of aromatic nitrogens is 2. The van der Waals surface area contributed by atoms with Crippen molar-refractivity contribution in [2.24, 2.45) is 0 Å². The molecular weight excluding hydrogens is 368 g/mol. The van der Waals surface area contributed by atoms with Gasteiger partial charge in [0.2, 0.25) is 11.9 Å². The third-order valence-electron chi connectivity index (χ3n) is 4.95. The Morgan fingerprint density at radius 1 is 1.21 bits per heavy atom. The number of ether oxygens (including phenoxy) is 2. The Morgan fingerprint density at radius 2 is 2.03 bits per heavy atom. The van der Waals surface area contributed by atoms with E-state index in [4.69, 9.17) is 9.47 Å². The first-order valence-corrected chi connectivity index (χ1v) is 9.69. The molecule has 1 aliphatic heterocycles. The standard InChI is InChI=1S/C22H24N4O3/c1-14(27)24-18-5-3-4-15(10-18)19-11-16-13-23-22(25-17-6-8-29-9-7-17)26-20(16)12-21(19)28-2/h3-5,10-13,17H,6-9H2,1-2H3,(H,24,27)(H,23,25,26). The first kappa shape index (κ1) is 19.1. The van der Waals surface area contributed by atoms with Crippen LogP contribution in [-0.4, -0.2) is 42.2 Å². The number of amides is 1. The summed E-state index contributed by atoms with van der Waals surface area (Å²) in [6.45, 7) is 3.02. The molecule has 1 saturated heterocycles. The van der Waals surface area contributed by atoms with E-state index >= 15 is 0 Å². The van der Waals surface area contributed by atoms with Gasteiger partial charge in [-0.05, 0) is 36.6 Å². The Bertz CT molecular complexity index is 1030. The molecule has 1 amide bonds. The zero-order valence-corrected chi connectivity index (χ0v) is 16.6. The van der Waals surface area contributed by atoms with Crippen LogP contribution in [0.5, 0.6) is 5.75 Å². The monoisotopic (exact) mass is 392 g/mol. The van der Waals surface area contributed by atoms with Gasteiger partial charge in [-0.3, -0.25) is 4.79 Å². The maximum atomic E-state index is 11.4. The first-order valence-electron chi connectivity index (χ1n) is 9.69. The highest BCUT2D eigenvalue weighted by Gasteiger charge is 2.15.